The third-order valence-corrected chi connectivity index (χ3v) is 5.80. The van der Waals surface area contributed by atoms with Crippen LogP contribution in [-0.4, -0.2) is 75.0 Å². The number of fused-ring (bicyclic) bond motifs is 3. The zero-order chi connectivity index (χ0) is 17.0. The molecule has 3 saturated heterocycles. The minimum atomic E-state index is -1.42. The van der Waals surface area contributed by atoms with Crippen molar-refractivity contribution >= 4 is 0 Å². The molecule has 4 N–H and O–H groups in total. The van der Waals surface area contributed by atoms with Crippen LogP contribution in [0.5, 0.6) is 0 Å². The second-order valence-corrected chi connectivity index (χ2v) is 7.81. The fourth-order valence-corrected chi connectivity index (χ4v) is 4.22. The number of hydrogen-bond acceptors (Lipinski definition) is 7. The number of rotatable bonds is 3. The van der Waals surface area contributed by atoms with Crippen LogP contribution in [0.1, 0.15) is 40.0 Å². The molecule has 0 spiro atoms. The molecule has 8 atom stereocenters. The standard InChI is InChI=1S/C16H28O7/c1-15(2)8-4-5-16(3,23-15)10(6-8)22-14-13(20)12(19)11(18)9(7-17)21-14/h8-14,17-20H,4-7H2,1-3H3/t8-,9+,10-,11+,12-,13+,14-,16-/m0/s1. The molecule has 1 saturated carbocycles. The number of hydrogen-bond donors (Lipinski definition) is 4. The van der Waals surface area contributed by atoms with Crippen molar-refractivity contribution in [1.29, 1.82) is 0 Å². The summed E-state index contributed by atoms with van der Waals surface area (Å²) in [7, 11) is 0. The fourth-order valence-electron chi connectivity index (χ4n) is 4.22. The zero-order valence-electron chi connectivity index (χ0n) is 13.9. The van der Waals surface area contributed by atoms with Gasteiger partial charge in [-0.25, -0.2) is 0 Å². The molecule has 0 aromatic heterocycles. The largest absolute Gasteiger partial charge is 0.394 e. The summed E-state index contributed by atoms with van der Waals surface area (Å²) in [6.07, 6.45) is -3.76. The topological polar surface area (TPSA) is 109 Å². The van der Waals surface area contributed by atoms with E-state index in [1.54, 1.807) is 0 Å². The average Bonchev–Trinajstić information content (AvgIpc) is 2.48. The van der Waals surface area contributed by atoms with Crippen molar-refractivity contribution < 1.29 is 34.6 Å². The first-order chi connectivity index (χ1) is 10.7. The van der Waals surface area contributed by atoms with Gasteiger partial charge < -0.3 is 34.6 Å². The predicted octanol–water partition coefficient (Wildman–Crippen LogP) is -0.461. The van der Waals surface area contributed by atoms with E-state index in [0.29, 0.717) is 5.92 Å². The van der Waals surface area contributed by atoms with Crippen molar-refractivity contribution in [2.75, 3.05) is 6.61 Å². The maximum absolute atomic E-state index is 10.1. The van der Waals surface area contributed by atoms with Crippen LogP contribution in [0.15, 0.2) is 0 Å². The zero-order valence-corrected chi connectivity index (χ0v) is 13.9. The van der Waals surface area contributed by atoms with Crippen molar-refractivity contribution in [2.24, 2.45) is 5.92 Å². The van der Waals surface area contributed by atoms with E-state index in [2.05, 4.69) is 13.8 Å². The molecule has 3 aliphatic heterocycles. The molecule has 0 unspecified atom stereocenters. The van der Waals surface area contributed by atoms with Crippen LogP contribution in [0, 0.1) is 5.92 Å². The van der Waals surface area contributed by atoms with Crippen LogP contribution in [0.2, 0.25) is 0 Å². The van der Waals surface area contributed by atoms with Crippen LogP contribution in [0.3, 0.4) is 0 Å². The lowest BCUT2D eigenvalue weighted by molar-refractivity contribution is -0.353. The van der Waals surface area contributed by atoms with Crippen molar-refractivity contribution in [3.8, 4) is 0 Å². The quantitative estimate of drug-likeness (QED) is 0.554. The molecule has 4 rings (SSSR count). The van der Waals surface area contributed by atoms with Gasteiger partial charge in [0, 0.05) is 0 Å². The maximum atomic E-state index is 10.1. The third kappa shape index (κ3) is 2.93. The van der Waals surface area contributed by atoms with Gasteiger partial charge >= 0.3 is 0 Å². The maximum Gasteiger partial charge on any atom is 0.187 e. The Hall–Kier alpha value is -0.280. The van der Waals surface area contributed by atoms with Crippen molar-refractivity contribution in [3.05, 3.63) is 0 Å². The van der Waals surface area contributed by atoms with Gasteiger partial charge in [-0.15, -0.1) is 0 Å². The van der Waals surface area contributed by atoms with Crippen molar-refractivity contribution in [2.45, 2.75) is 88.0 Å². The van der Waals surface area contributed by atoms with Crippen molar-refractivity contribution in [3.63, 3.8) is 0 Å². The average molecular weight is 332 g/mol. The molecule has 0 amide bonds. The van der Waals surface area contributed by atoms with Gasteiger partial charge in [0.2, 0.25) is 0 Å². The van der Waals surface area contributed by atoms with Gasteiger partial charge in [0.25, 0.3) is 0 Å². The monoisotopic (exact) mass is 332 g/mol. The highest BCUT2D eigenvalue weighted by atomic mass is 16.7. The smallest absolute Gasteiger partial charge is 0.187 e. The van der Waals surface area contributed by atoms with E-state index in [1.807, 2.05) is 6.92 Å². The molecule has 0 aromatic rings. The number of aliphatic hydroxyl groups is 4. The summed E-state index contributed by atoms with van der Waals surface area (Å²) in [5.74, 6) is 0.360. The van der Waals surface area contributed by atoms with E-state index < -0.39 is 42.9 Å². The highest BCUT2D eigenvalue weighted by Crippen LogP contribution is 2.51. The molecule has 7 heteroatoms. The van der Waals surface area contributed by atoms with E-state index >= 15 is 0 Å². The summed E-state index contributed by atoms with van der Waals surface area (Å²) in [6, 6.07) is 0. The lowest BCUT2D eigenvalue weighted by Crippen LogP contribution is -2.65. The highest BCUT2D eigenvalue weighted by molar-refractivity contribution is 5.04. The summed E-state index contributed by atoms with van der Waals surface area (Å²) in [6.45, 7) is 5.70. The SMILES string of the molecule is CC1(C)O[C@@]2(C)CC[C@H]1C[C@@H]2O[C@@H]1O[C@H](CO)[C@@H](O)[C@H](O)[C@H]1O. The third-order valence-electron chi connectivity index (χ3n) is 5.80. The minimum absolute atomic E-state index is 0.206. The van der Waals surface area contributed by atoms with Crippen LogP contribution in [-0.2, 0) is 14.2 Å². The number of ether oxygens (including phenoxy) is 3. The van der Waals surface area contributed by atoms with Gasteiger partial charge in [-0.2, -0.15) is 0 Å². The first kappa shape index (κ1) is 17.5. The van der Waals surface area contributed by atoms with Gasteiger partial charge in [-0.05, 0) is 46.0 Å². The van der Waals surface area contributed by atoms with Crippen LogP contribution >= 0.6 is 0 Å². The normalized spacial score (nSPS) is 52.6. The molecular weight excluding hydrogens is 304 g/mol. The second kappa shape index (κ2) is 5.91. The summed E-state index contributed by atoms with van der Waals surface area (Å²) in [5.41, 5.74) is -0.681. The van der Waals surface area contributed by atoms with Gasteiger partial charge in [0.15, 0.2) is 6.29 Å². The summed E-state index contributed by atoms with van der Waals surface area (Å²) in [5, 5.41) is 39.1. The molecule has 2 bridgehead atoms. The van der Waals surface area contributed by atoms with Crippen molar-refractivity contribution in [1.82, 2.24) is 0 Å². The molecule has 0 radical (unpaired) electrons. The summed E-state index contributed by atoms with van der Waals surface area (Å²) < 4.78 is 17.6. The van der Waals surface area contributed by atoms with Gasteiger partial charge in [0.05, 0.1) is 23.9 Å². The first-order valence-electron chi connectivity index (χ1n) is 8.34. The van der Waals surface area contributed by atoms with Gasteiger partial charge in [-0.1, -0.05) is 0 Å². The Kier molecular flexibility index (Phi) is 4.51. The minimum Gasteiger partial charge on any atom is -0.394 e. The van der Waals surface area contributed by atoms with Crippen LogP contribution in [0.4, 0.5) is 0 Å². The van der Waals surface area contributed by atoms with Crippen LogP contribution in [0.25, 0.3) is 0 Å². The molecular formula is C16H28O7. The Labute approximate surface area is 136 Å². The molecule has 4 aliphatic rings. The van der Waals surface area contributed by atoms with Gasteiger partial charge in [0.1, 0.15) is 24.4 Å². The molecule has 3 heterocycles. The Bertz CT molecular complexity index is 440. The lowest BCUT2D eigenvalue weighted by atomic mass is 9.67. The predicted molar refractivity (Wildman–Crippen MR) is 79.6 cm³/mol. The van der Waals surface area contributed by atoms with E-state index in [4.69, 9.17) is 14.2 Å². The Morgan fingerprint density at radius 1 is 1.09 bits per heavy atom. The fraction of sp³-hybridized carbons (Fsp3) is 1.00. The molecule has 0 aromatic carbocycles. The Morgan fingerprint density at radius 3 is 2.35 bits per heavy atom. The summed E-state index contributed by atoms with van der Waals surface area (Å²) >= 11 is 0. The molecule has 4 fully saturated rings. The summed E-state index contributed by atoms with van der Waals surface area (Å²) in [4.78, 5) is 0. The van der Waals surface area contributed by atoms with Crippen LogP contribution < -0.4 is 0 Å². The van der Waals surface area contributed by atoms with E-state index in [9.17, 15) is 20.4 Å². The van der Waals surface area contributed by atoms with E-state index in [1.165, 1.54) is 0 Å². The van der Waals surface area contributed by atoms with E-state index in [-0.39, 0.29) is 11.7 Å². The Balaban J connectivity index is 1.72. The lowest BCUT2D eigenvalue weighted by Gasteiger charge is -2.58. The molecule has 7 nitrogen and oxygen atoms in total. The van der Waals surface area contributed by atoms with E-state index in [0.717, 1.165) is 19.3 Å². The molecule has 1 aliphatic carbocycles. The number of aliphatic hydroxyl groups excluding tert-OH is 4. The van der Waals surface area contributed by atoms with Gasteiger partial charge in [-0.3, -0.25) is 0 Å². The molecule has 23 heavy (non-hydrogen) atoms. The second-order valence-electron chi connectivity index (χ2n) is 7.81. The molecule has 134 valence electrons. The Morgan fingerprint density at radius 2 is 1.78 bits per heavy atom. The highest BCUT2D eigenvalue weighted by Gasteiger charge is 2.56. The first-order valence-corrected chi connectivity index (χ1v) is 8.34.